The van der Waals surface area contributed by atoms with Crippen LogP contribution < -0.4 is 5.32 Å². The van der Waals surface area contributed by atoms with Gasteiger partial charge in [-0.3, -0.25) is 4.79 Å². The molecule has 1 amide bonds. The van der Waals surface area contributed by atoms with Crippen molar-refractivity contribution in [3.05, 3.63) is 24.0 Å². The van der Waals surface area contributed by atoms with E-state index >= 15 is 0 Å². The van der Waals surface area contributed by atoms with Gasteiger partial charge in [0.25, 0.3) is 0 Å². The summed E-state index contributed by atoms with van der Waals surface area (Å²) in [6.07, 6.45) is 2.51. The standard InChI is InChI=1S/C11H15N3O2/c1-16-7-3-5-13-11(15)9-14-6-2-4-10(14)8-12/h2,4,6H,3,5,7,9H2,1H3,(H,13,15). The summed E-state index contributed by atoms with van der Waals surface area (Å²) in [4.78, 5) is 11.5. The van der Waals surface area contributed by atoms with Crippen LogP contribution in [0.25, 0.3) is 0 Å². The number of nitrogens with one attached hydrogen (secondary N) is 1. The van der Waals surface area contributed by atoms with E-state index in [-0.39, 0.29) is 12.5 Å². The van der Waals surface area contributed by atoms with Crippen molar-refractivity contribution in [2.75, 3.05) is 20.3 Å². The molecule has 0 fully saturated rings. The number of amides is 1. The molecule has 0 spiro atoms. The lowest BCUT2D eigenvalue weighted by Gasteiger charge is -2.06. The fourth-order valence-electron chi connectivity index (χ4n) is 1.31. The summed E-state index contributed by atoms with van der Waals surface area (Å²) in [5.74, 6) is -0.0937. The zero-order valence-corrected chi connectivity index (χ0v) is 9.27. The van der Waals surface area contributed by atoms with Gasteiger partial charge in [0.2, 0.25) is 5.91 Å². The molecule has 0 atom stereocenters. The van der Waals surface area contributed by atoms with Crippen LogP contribution in [0.15, 0.2) is 18.3 Å². The van der Waals surface area contributed by atoms with E-state index in [2.05, 4.69) is 5.32 Å². The summed E-state index contributed by atoms with van der Waals surface area (Å²) < 4.78 is 6.48. The molecule has 86 valence electrons. The lowest BCUT2D eigenvalue weighted by Crippen LogP contribution is -2.29. The molecule has 0 bridgehead atoms. The van der Waals surface area contributed by atoms with Gasteiger partial charge in [0, 0.05) is 26.5 Å². The van der Waals surface area contributed by atoms with E-state index in [1.54, 1.807) is 30.0 Å². The van der Waals surface area contributed by atoms with E-state index in [1.807, 2.05) is 6.07 Å². The van der Waals surface area contributed by atoms with Gasteiger partial charge < -0.3 is 14.6 Å². The van der Waals surface area contributed by atoms with Crippen molar-refractivity contribution in [3.63, 3.8) is 0 Å². The van der Waals surface area contributed by atoms with E-state index in [0.717, 1.165) is 6.42 Å². The molecule has 16 heavy (non-hydrogen) atoms. The van der Waals surface area contributed by atoms with Crippen LogP contribution in [0.3, 0.4) is 0 Å². The van der Waals surface area contributed by atoms with Crippen molar-refractivity contribution < 1.29 is 9.53 Å². The number of ether oxygens (including phenoxy) is 1. The predicted octanol–water partition coefficient (Wildman–Crippen LogP) is 0.512. The number of aromatic nitrogens is 1. The highest BCUT2D eigenvalue weighted by atomic mass is 16.5. The Morgan fingerprint density at radius 3 is 3.19 bits per heavy atom. The number of rotatable bonds is 6. The van der Waals surface area contributed by atoms with Crippen LogP contribution in [-0.2, 0) is 16.1 Å². The van der Waals surface area contributed by atoms with Crippen molar-refractivity contribution in [1.82, 2.24) is 9.88 Å². The summed E-state index contributed by atoms with van der Waals surface area (Å²) in [7, 11) is 1.63. The number of nitrogens with zero attached hydrogens (tertiary/aromatic N) is 2. The molecule has 0 aromatic carbocycles. The average Bonchev–Trinajstić information content (AvgIpc) is 2.71. The second-order valence-corrected chi connectivity index (χ2v) is 3.33. The van der Waals surface area contributed by atoms with Gasteiger partial charge in [-0.15, -0.1) is 0 Å². The van der Waals surface area contributed by atoms with Crippen molar-refractivity contribution in [2.45, 2.75) is 13.0 Å². The molecule has 1 rings (SSSR count). The normalized spacial score (nSPS) is 9.75. The largest absolute Gasteiger partial charge is 0.385 e. The quantitative estimate of drug-likeness (QED) is 0.712. The van der Waals surface area contributed by atoms with Crippen molar-refractivity contribution in [3.8, 4) is 6.07 Å². The molecule has 0 aliphatic carbocycles. The van der Waals surface area contributed by atoms with E-state index in [1.165, 1.54) is 0 Å². The first kappa shape index (κ1) is 12.3. The second-order valence-electron chi connectivity index (χ2n) is 3.33. The molecule has 0 aliphatic rings. The minimum Gasteiger partial charge on any atom is -0.385 e. The van der Waals surface area contributed by atoms with Crippen LogP contribution >= 0.6 is 0 Å². The molecule has 1 heterocycles. The van der Waals surface area contributed by atoms with Crippen LogP contribution in [0.4, 0.5) is 0 Å². The minimum atomic E-state index is -0.0937. The smallest absolute Gasteiger partial charge is 0.239 e. The average molecular weight is 221 g/mol. The second kappa shape index (κ2) is 6.64. The zero-order chi connectivity index (χ0) is 11.8. The van der Waals surface area contributed by atoms with E-state index < -0.39 is 0 Å². The molecular formula is C11H15N3O2. The van der Waals surface area contributed by atoms with E-state index in [4.69, 9.17) is 10.00 Å². The number of nitriles is 1. The number of hydrogen-bond donors (Lipinski definition) is 1. The molecule has 0 unspecified atom stereocenters. The van der Waals surface area contributed by atoms with Gasteiger partial charge in [-0.05, 0) is 18.6 Å². The summed E-state index contributed by atoms with van der Waals surface area (Å²) in [5, 5.41) is 11.5. The Bertz CT molecular complexity index is 379. The molecule has 1 aromatic rings. The maximum atomic E-state index is 11.5. The van der Waals surface area contributed by atoms with Crippen LogP contribution in [0.1, 0.15) is 12.1 Å². The van der Waals surface area contributed by atoms with Crippen LogP contribution in [0.5, 0.6) is 0 Å². The van der Waals surface area contributed by atoms with Gasteiger partial charge in [-0.1, -0.05) is 0 Å². The number of carbonyl (C=O) groups is 1. The van der Waals surface area contributed by atoms with Crippen molar-refractivity contribution in [2.24, 2.45) is 0 Å². The Labute approximate surface area is 94.6 Å². The Morgan fingerprint density at radius 1 is 1.69 bits per heavy atom. The lowest BCUT2D eigenvalue weighted by atomic mass is 10.4. The molecule has 0 saturated carbocycles. The van der Waals surface area contributed by atoms with Crippen molar-refractivity contribution in [1.29, 1.82) is 5.26 Å². The van der Waals surface area contributed by atoms with Gasteiger partial charge in [-0.2, -0.15) is 5.26 Å². The van der Waals surface area contributed by atoms with Crippen LogP contribution in [0.2, 0.25) is 0 Å². The highest BCUT2D eigenvalue weighted by molar-refractivity contribution is 5.75. The summed E-state index contributed by atoms with van der Waals surface area (Å²) in [6, 6.07) is 5.45. The number of methoxy groups -OCH3 is 1. The topological polar surface area (TPSA) is 67.0 Å². The molecule has 0 radical (unpaired) electrons. The Morgan fingerprint density at radius 2 is 2.50 bits per heavy atom. The number of hydrogen-bond acceptors (Lipinski definition) is 3. The third kappa shape index (κ3) is 3.75. The van der Waals surface area contributed by atoms with Crippen LogP contribution in [0, 0.1) is 11.3 Å². The Balaban J connectivity index is 2.32. The zero-order valence-electron chi connectivity index (χ0n) is 9.27. The molecular weight excluding hydrogens is 206 g/mol. The van der Waals surface area contributed by atoms with E-state index in [9.17, 15) is 4.79 Å². The molecule has 0 saturated heterocycles. The maximum absolute atomic E-state index is 11.5. The van der Waals surface area contributed by atoms with Gasteiger partial charge >= 0.3 is 0 Å². The van der Waals surface area contributed by atoms with Gasteiger partial charge in [0.15, 0.2) is 0 Å². The predicted molar refractivity (Wildman–Crippen MR) is 58.6 cm³/mol. The Hall–Kier alpha value is -1.80. The maximum Gasteiger partial charge on any atom is 0.239 e. The van der Waals surface area contributed by atoms with Gasteiger partial charge in [0.05, 0.1) is 0 Å². The Kier molecular flexibility index (Phi) is 5.09. The summed E-state index contributed by atoms with van der Waals surface area (Å²) in [6.45, 7) is 1.41. The van der Waals surface area contributed by atoms with Crippen LogP contribution in [-0.4, -0.2) is 30.7 Å². The molecule has 0 aliphatic heterocycles. The minimum absolute atomic E-state index is 0.0937. The summed E-state index contributed by atoms with van der Waals surface area (Å²) >= 11 is 0. The first-order valence-electron chi connectivity index (χ1n) is 5.09. The summed E-state index contributed by atoms with van der Waals surface area (Å²) in [5.41, 5.74) is 0.493. The molecule has 5 nitrogen and oxygen atoms in total. The molecule has 1 N–H and O–H groups in total. The van der Waals surface area contributed by atoms with Gasteiger partial charge in [-0.25, -0.2) is 0 Å². The monoisotopic (exact) mass is 221 g/mol. The first-order chi connectivity index (χ1) is 7.77. The highest BCUT2D eigenvalue weighted by Crippen LogP contribution is 1.99. The third-order valence-electron chi connectivity index (χ3n) is 2.11. The number of carbonyl (C=O) groups excluding carboxylic acids is 1. The lowest BCUT2D eigenvalue weighted by molar-refractivity contribution is -0.121. The SMILES string of the molecule is COCCCNC(=O)Cn1cccc1C#N. The van der Waals surface area contributed by atoms with Crippen molar-refractivity contribution >= 4 is 5.91 Å². The molecule has 5 heteroatoms. The van der Waals surface area contributed by atoms with Gasteiger partial charge in [0.1, 0.15) is 18.3 Å². The first-order valence-corrected chi connectivity index (χ1v) is 5.09. The molecule has 1 aromatic heterocycles. The fourth-order valence-corrected chi connectivity index (χ4v) is 1.31. The fraction of sp³-hybridized carbons (Fsp3) is 0.455. The highest BCUT2D eigenvalue weighted by Gasteiger charge is 2.04. The third-order valence-corrected chi connectivity index (χ3v) is 2.11. The van der Waals surface area contributed by atoms with E-state index in [0.29, 0.717) is 18.8 Å².